The summed E-state index contributed by atoms with van der Waals surface area (Å²) >= 11 is 0. The van der Waals surface area contributed by atoms with Crippen molar-refractivity contribution < 1.29 is 5.11 Å². The molecular formula is C17H37NO. The van der Waals surface area contributed by atoms with Gasteiger partial charge in [0.25, 0.3) is 0 Å². The standard InChI is InChI=1S/C17H37NO/c1-5-8-10-11-13-17(12-7-3)18(14-9-6-2)15-16(4)19/h16-17,19H,5-15H2,1-4H3. The van der Waals surface area contributed by atoms with Gasteiger partial charge >= 0.3 is 0 Å². The van der Waals surface area contributed by atoms with E-state index < -0.39 is 0 Å². The van der Waals surface area contributed by atoms with Gasteiger partial charge in [-0.05, 0) is 32.7 Å². The summed E-state index contributed by atoms with van der Waals surface area (Å²) in [5.41, 5.74) is 0. The largest absolute Gasteiger partial charge is 0.392 e. The first-order valence-corrected chi connectivity index (χ1v) is 8.57. The van der Waals surface area contributed by atoms with Crippen molar-refractivity contribution in [3.05, 3.63) is 0 Å². The van der Waals surface area contributed by atoms with Crippen molar-refractivity contribution >= 4 is 0 Å². The van der Waals surface area contributed by atoms with Crippen LogP contribution in [0.5, 0.6) is 0 Å². The van der Waals surface area contributed by atoms with E-state index in [1.54, 1.807) is 0 Å². The molecule has 0 heterocycles. The summed E-state index contributed by atoms with van der Waals surface area (Å²) in [6.45, 7) is 10.7. The van der Waals surface area contributed by atoms with Crippen LogP contribution in [0.15, 0.2) is 0 Å². The highest BCUT2D eigenvalue weighted by molar-refractivity contribution is 4.73. The van der Waals surface area contributed by atoms with Crippen LogP contribution in [0.4, 0.5) is 0 Å². The molecular weight excluding hydrogens is 234 g/mol. The highest BCUT2D eigenvalue weighted by atomic mass is 16.3. The first-order chi connectivity index (χ1) is 9.15. The Hall–Kier alpha value is -0.0800. The maximum absolute atomic E-state index is 9.71. The van der Waals surface area contributed by atoms with E-state index in [0.29, 0.717) is 6.04 Å². The van der Waals surface area contributed by atoms with Gasteiger partial charge in [-0.2, -0.15) is 0 Å². The molecule has 0 saturated carbocycles. The Balaban J connectivity index is 4.27. The third kappa shape index (κ3) is 10.4. The minimum atomic E-state index is -0.202. The van der Waals surface area contributed by atoms with Gasteiger partial charge < -0.3 is 5.11 Å². The molecule has 0 radical (unpaired) electrons. The summed E-state index contributed by atoms with van der Waals surface area (Å²) in [6, 6.07) is 0.683. The van der Waals surface area contributed by atoms with Gasteiger partial charge in [-0.3, -0.25) is 4.90 Å². The minimum Gasteiger partial charge on any atom is -0.392 e. The zero-order valence-corrected chi connectivity index (χ0v) is 13.8. The quantitative estimate of drug-likeness (QED) is 0.495. The number of rotatable bonds is 13. The number of nitrogens with zero attached hydrogens (tertiary/aromatic N) is 1. The maximum Gasteiger partial charge on any atom is 0.0639 e. The van der Waals surface area contributed by atoms with Gasteiger partial charge in [-0.15, -0.1) is 0 Å². The number of hydrogen-bond acceptors (Lipinski definition) is 2. The van der Waals surface area contributed by atoms with Gasteiger partial charge in [0.15, 0.2) is 0 Å². The van der Waals surface area contributed by atoms with Crippen LogP contribution in [0.1, 0.15) is 85.5 Å². The smallest absolute Gasteiger partial charge is 0.0639 e. The fourth-order valence-electron chi connectivity index (χ4n) is 2.77. The molecule has 0 amide bonds. The average Bonchev–Trinajstić information content (AvgIpc) is 2.38. The molecule has 0 bridgehead atoms. The van der Waals surface area contributed by atoms with Crippen molar-refractivity contribution in [2.75, 3.05) is 13.1 Å². The predicted octanol–water partition coefficient (Wildman–Crippen LogP) is 4.61. The van der Waals surface area contributed by atoms with Crippen molar-refractivity contribution in [3.8, 4) is 0 Å². The predicted molar refractivity (Wildman–Crippen MR) is 85.6 cm³/mol. The summed E-state index contributed by atoms with van der Waals surface area (Å²) in [6.07, 6.45) is 11.5. The van der Waals surface area contributed by atoms with E-state index in [4.69, 9.17) is 0 Å². The lowest BCUT2D eigenvalue weighted by Crippen LogP contribution is -2.40. The lowest BCUT2D eigenvalue weighted by Gasteiger charge is -2.33. The summed E-state index contributed by atoms with van der Waals surface area (Å²) in [4.78, 5) is 2.55. The monoisotopic (exact) mass is 271 g/mol. The molecule has 0 saturated heterocycles. The molecule has 2 unspecified atom stereocenters. The minimum absolute atomic E-state index is 0.202. The Morgan fingerprint density at radius 2 is 1.53 bits per heavy atom. The van der Waals surface area contributed by atoms with E-state index >= 15 is 0 Å². The van der Waals surface area contributed by atoms with Crippen LogP contribution in [0, 0.1) is 0 Å². The Bertz CT molecular complexity index is 182. The third-order valence-electron chi connectivity index (χ3n) is 3.83. The summed E-state index contributed by atoms with van der Waals surface area (Å²) in [5, 5.41) is 9.71. The fourth-order valence-corrected chi connectivity index (χ4v) is 2.77. The molecule has 0 aliphatic carbocycles. The van der Waals surface area contributed by atoms with Crippen LogP contribution >= 0.6 is 0 Å². The van der Waals surface area contributed by atoms with E-state index in [-0.39, 0.29) is 6.10 Å². The first-order valence-electron chi connectivity index (χ1n) is 8.57. The van der Waals surface area contributed by atoms with Crippen LogP contribution in [-0.2, 0) is 0 Å². The molecule has 0 fully saturated rings. The molecule has 0 aromatic heterocycles. The molecule has 2 nitrogen and oxygen atoms in total. The van der Waals surface area contributed by atoms with Crippen LogP contribution in [0.3, 0.4) is 0 Å². The molecule has 0 aromatic carbocycles. The Morgan fingerprint density at radius 3 is 2.05 bits per heavy atom. The molecule has 116 valence electrons. The van der Waals surface area contributed by atoms with E-state index in [1.807, 2.05) is 6.92 Å². The van der Waals surface area contributed by atoms with Gasteiger partial charge in [0, 0.05) is 12.6 Å². The Kier molecular flexibility index (Phi) is 12.9. The zero-order chi connectivity index (χ0) is 14.5. The van der Waals surface area contributed by atoms with Crippen molar-refractivity contribution in [3.63, 3.8) is 0 Å². The molecule has 2 heteroatoms. The second kappa shape index (κ2) is 12.9. The number of unbranched alkanes of at least 4 members (excludes halogenated alkanes) is 4. The fraction of sp³-hybridized carbons (Fsp3) is 1.00. The molecule has 0 spiro atoms. The van der Waals surface area contributed by atoms with Crippen LogP contribution in [0.2, 0.25) is 0 Å². The molecule has 1 N–H and O–H groups in total. The summed E-state index contributed by atoms with van der Waals surface area (Å²) in [7, 11) is 0. The van der Waals surface area contributed by atoms with Gasteiger partial charge in [-0.25, -0.2) is 0 Å². The van der Waals surface area contributed by atoms with E-state index in [0.717, 1.165) is 13.1 Å². The number of aliphatic hydroxyl groups excluding tert-OH is 1. The molecule has 0 aromatic rings. The second-order valence-corrected chi connectivity index (χ2v) is 5.99. The van der Waals surface area contributed by atoms with Gasteiger partial charge in [-0.1, -0.05) is 59.3 Å². The maximum atomic E-state index is 9.71. The van der Waals surface area contributed by atoms with Crippen LogP contribution < -0.4 is 0 Å². The van der Waals surface area contributed by atoms with E-state index in [1.165, 1.54) is 57.8 Å². The molecule has 0 rings (SSSR count). The van der Waals surface area contributed by atoms with E-state index in [9.17, 15) is 5.11 Å². The van der Waals surface area contributed by atoms with Gasteiger partial charge in [0.2, 0.25) is 0 Å². The highest BCUT2D eigenvalue weighted by Gasteiger charge is 2.18. The molecule has 2 atom stereocenters. The van der Waals surface area contributed by atoms with Crippen molar-refractivity contribution in [1.29, 1.82) is 0 Å². The third-order valence-corrected chi connectivity index (χ3v) is 3.83. The Morgan fingerprint density at radius 1 is 0.842 bits per heavy atom. The Labute approximate surface area is 121 Å². The molecule has 19 heavy (non-hydrogen) atoms. The second-order valence-electron chi connectivity index (χ2n) is 5.99. The molecule has 0 aliphatic heterocycles. The van der Waals surface area contributed by atoms with Gasteiger partial charge in [0.05, 0.1) is 6.10 Å². The topological polar surface area (TPSA) is 23.5 Å². The van der Waals surface area contributed by atoms with Crippen LogP contribution in [0.25, 0.3) is 0 Å². The van der Waals surface area contributed by atoms with Crippen molar-refractivity contribution in [2.45, 2.75) is 97.6 Å². The van der Waals surface area contributed by atoms with Gasteiger partial charge in [0.1, 0.15) is 0 Å². The molecule has 0 aliphatic rings. The number of aliphatic hydroxyl groups is 1. The lowest BCUT2D eigenvalue weighted by atomic mass is 10.0. The summed E-state index contributed by atoms with van der Waals surface area (Å²) < 4.78 is 0. The van der Waals surface area contributed by atoms with E-state index in [2.05, 4.69) is 25.7 Å². The number of hydrogen-bond donors (Lipinski definition) is 1. The van der Waals surface area contributed by atoms with Crippen molar-refractivity contribution in [1.82, 2.24) is 4.90 Å². The first kappa shape index (κ1) is 18.9. The van der Waals surface area contributed by atoms with Crippen molar-refractivity contribution in [2.24, 2.45) is 0 Å². The normalized spacial score (nSPS) is 14.8. The average molecular weight is 271 g/mol. The zero-order valence-electron chi connectivity index (χ0n) is 13.8. The van der Waals surface area contributed by atoms with Crippen LogP contribution in [-0.4, -0.2) is 35.2 Å². The highest BCUT2D eigenvalue weighted by Crippen LogP contribution is 2.17. The lowest BCUT2D eigenvalue weighted by molar-refractivity contribution is 0.0880. The SMILES string of the molecule is CCCCCCC(CCC)N(CCCC)CC(C)O. The summed E-state index contributed by atoms with van der Waals surface area (Å²) in [5.74, 6) is 0.